The van der Waals surface area contributed by atoms with Gasteiger partial charge in [-0.05, 0) is 18.2 Å². The first-order valence-corrected chi connectivity index (χ1v) is 6.96. The van der Waals surface area contributed by atoms with Gasteiger partial charge in [-0.25, -0.2) is 4.98 Å². The molecule has 0 atom stereocenters. The van der Waals surface area contributed by atoms with Gasteiger partial charge in [0.05, 0.1) is 33.3 Å². The fourth-order valence-corrected chi connectivity index (χ4v) is 2.49. The smallest absolute Gasteiger partial charge is 0.247 e. The number of benzene rings is 1. The molecule has 8 heteroatoms. The summed E-state index contributed by atoms with van der Waals surface area (Å²) in [5.41, 5.74) is -0.434. The van der Waals surface area contributed by atoms with Crippen LogP contribution in [-0.2, 0) is 12.6 Å². The fraction of sp³-hybridized carbons (Fsp3) is 0.143. The average Bonchev–Trinajstić information content (AvgIpc) is 2.42. The lowest BCUT2D eigenvalue weighted by Gasteiger charge is -2.13. The van der Waals surface area contributed by atoms with Crippen molar-refractivity contribution in [2.24, 2.45) is 0 Å². The third-order valence-corrected chi connectivity index (χ3v) is 3.85. The summed E-state index contributed by atoms with van der Waals surface area (Å²) in [6.07, 6.45) is -4.89. The van der Waals surface area contributed by atoms with E-state index in [-0.39, 0.29) is 27.2 Å². The van der Waals surface area contributed by atoms with Gasteiger partial charge in [0.1, 0.15) is 5.69 Å². The average molecular weight is 366 g/mol. The van der Waals surface area contributed by atoms with Gasteiger partial charge in [-0.3, -0.25) is 0 Å². The molecular formula is C14H6Cl3F3N2. The molecule has 0 N–H and O–H groups in total. The number of alkyl halides is 3. The Morgan fingerprint density at radius 1 is 1.00 bits per heavy atom. The van der Waals surface area contributed by atoms with Crippen LogP contribution >= 0.6 is 34.8 Å². The van der Waals surface area contributed by atoms with E-state index in [2.05, 4.69) is 4.98 Å². The molecule has 22 heavy (non-hydrogen) atoms. The molecule has 0 spiro atoms. The maximum Gasteiger partial charge on any atom is 0.433 e. The number of hydrogen-bond donors (Lipinski definition) is 0. The first-order valence-electron chi connectivity index (χ1n) is 5.83. The monoisotopic (exact) mass is 364 g/mol. The Hall–Kier alpha value is -1.48. The Bertz CT molecular complexity index is 767. The molecule has 0 radical (unpaired) electrons. The van der Waals surface area contributed by atoms with Crippen LogP contribution in [0.25, 0.3) is 11.1 Å². The van der Waals surface area contributed by atoms with E-state index < -0.39 is 11.9 Å². The molecule has 0 saturated heterocycles. The van der Waals surface area contributed by atoms with Gasteiger partial charge in [-0.15, -0.1) is 0 Å². The summed E-state index contributed by atoms with van der Waals surface area (Å²) in [6.45, 7) is 0. The highest BCUT2D eigenvalue weighted by molar-refractivity contribution is 6.44. The summed E-state index contributed by atoms with van der Waals surface area (Å²) in [7, 11) is 0. The van der Waals surface area contributed by atoms with Crippen LogP contribution in [0.5, 0.6) is 0 Å². The Morgan fingerprint density at radius 2 is 1.64 bits per heavy atom. The van der Waals surface area contributed by atoms with Crippen molar-refractivity contribution in [3.8, 4) is 17.2 Å². The molecule has 0 aliphatic carbocycles. The zero-order valence-corrected chi connectivity index (χ0v) is 12.9. The molecule has 0 fully saturated rings. The van der Waals surface area contributed by atoms with Crippen molar-refractivity contribution in [1.82, 2.24) is 4.98 Å². The van der Waals surface area contributed by atoms with Gasteiger partial charge in [-0.2, -0.15) is 18.4 Å². The fourth-order valence-electron chi connectivity index (χ4n) is 1.84. The quantitative estimate of drug-likeness (QED) is 0.631. The molecule has 1 aromatic carbocycles. The number of aromatic nitrogens is 1. The summed E-state index contributed by atoms with van der Waals surface area (Å²) in [4.78, 5) is 3.52. The summed E-state index contributed by atoms with van der Waals surface area (Å²) in [5.74, 6) is 0. The molecule has 1 heterocycles. The lowest BCUT2D eigenvalue weighted by Crippen LogP contribution is -2.10. The van der Waals surface area contributed by atoms with Crippen molar-refractivity contribution in [2.45, 2.75) is 12.6 Å². The standard InChI is InChI=1S/C14H6Cl3F3N2/c15-9-6-11(17)10(16)5-8(9)7-1-2-13(14(18,19)20)22-12(7)3-4-21/h1-2,5-6H,3H2. The van der Waals surface area contributed by atoms with Crippen LogP contribution in [0, 0.1) is 11.3 Å². The van der Waals surface area contributed by atoms with E-state index >= 15 is 0 Å². The predicted octanol–water partition coefficient (Wildman–Crippen LogP) is 5.79. The molecule has 1 aromatic heterocycles. The molecule has 0 bridgehead atoms. The van der Waals surface area contributed by atoms with E-state index in [0.29, 0.717) is 11.1 Å². The van der Waals surface area contributed by atoms with E-state index in [4.69, 9.17) is 40.1 Å². The van der Waals surface area contributed by atoms with Crippen LogP contribution in [0.4, 0.5) is 13.2 Å². The first kappa shape index (κ1) is 16.9. The Morgan fingerprint density at radius 3 is 2.23 bits per heavy atom. The van der Waals surface area contributed by atoms with Crippen LogP contribution in [0.3, 0.4) is 0 Å². The summed E-state index contributed by atoms with van der Waals surface area (Å²) in [6, 6.07) is 6.64. The molecule has 2 rings (SSSR count). The van der Waals surface area contributed by atoms with Crippen LogP contribution in [0.2, 0.25) is 15.1 Å². The minimum Gasteiger partial charge on any atom is -0.247 e. The van der Waals surface area contributed by atoms with Crippen molar-refractivity contribution in [3.63, 3.8) is 0 Å². The molecule has 0 amide bonds. The van der Waals surface area contributed by atoms with E-state index in [1.54, 1.807) is 6.07 Å². The maximum absolute atomic E-state index is 12.7. The number of pyridine rings is 1. The molecule has 0 unspecified atom stereocenters. The first-order chi connectivity index (χ1) is 10.2. The molecule has 0 saturated carbocycles. The van der Waals surface area contributed by atoms with Gasteiger partial charge in [0, 0.05) is 11.1 Å². The van der Waals surface area contributed by atoms with Gasteiger partial charge in [0.2, 0.25) is 0 Å². The van der Waals surface area contributed by atoms with Gasteiger partial charge >= 0.3 is 6.18 Å². The second-order valence-corrected chi connectivity index (χ2v) is 5.49. The number of halogens is 6. The second-order valence-electron chi connectivity index (χ2n) is 4.27. The zero-order chi connectivity index (χ0) is 16.5. The van der Waals surface area contributed by atoms with Crippen LogP contribution in [0.1, 0.15) is 11.4 Å². The molecule has 114 valence electrons. The molecular weight excluding hydrogens is 360 g/mol. The Balaban J connectivity index is 2.66. The predicted molar refractivity (Wildman–Crippen MR) is 79.0 cm³/mol. The summed E-state index contributed by atoms with van der Waals surface area (Å²) >= 11 is 17.8. The maximum atomic E-state index is 12.7. The van der Waals surface area contributed by atoms with Crippen molar-refractivity contribution in [3.05, 3.63) is 50.7 Å². The minimum absolute atomic E-state index is 0.0300. The number of nitriles is 1. The van der Waals surface area contributed by atoms with E-state index in [1.807, 2.05) is 0 Å². The SMILES string of the molecule is N#CCc1nc(C(F)(F)F)ccc1-c1cc(Cl)c(Cl)cc1Cl. The van der Waals surface area contributed by atoms with E-state index in [9.17, 15) is 13.2 Å². The van der Waals surface area contributed by atoms with Gasteiger partial charge < -0.3 is 0 Å². The molecule has 0 aliphatic rings. The molecule has 0 aliphatic heterocycles. The number of rotatable bonds is 2. The van der Waals surface area contributed by atoms with Crippen molar-refractivity contribution in [1.29, 1.82) is 5.26 Å². The lowest BCUT2D eigenvalue weighted by atomic mass is 10.0. The summed E-state index contributed by atoms with van der Waals surface area (Å²) in [5, 5.41) is 9.42. The van der Waals surface area contributed by atoms with Gasteiger partial charge in [-0.1, -0.05) is 40.9 Å². The second kappa shape index (κ2) is 6.33. The highest BCUT2D eigenvalue weighted by Gasteiger charge is 2.33. The third-order valence-electron chi connectivity index (χ3n) is 2.81. The van der Waals surface area contributed by atoms with Gasteiger partial charge in [0.15, 0.2) is 0 Å². The number of nitrogens with zero attached hydrogens (tertiary/aromatic N) is 2. The Labute approximate surface area is 139 Å². The van der Waals surface area contributed by atoms with Crippen LogP contribution < -0.4 is 0 Å². The Kier molecular flexibility index (Phi) is 4.86. The highest BCUT2D eigenvalue weighted by atomic mass is 35.5. The number of hydrogen-bond acceptors (Lipinski definition) is 2. The van der Waals surface area contributed by atoms with E-state index in [0.717, 1.165) is 6.07 Å². The normalized spacial score (nSPS) is 11.3. The lowest BCUT2D eigenvalue weighted by molar-refractivity contribution is -0.141. The summed E-state index contributed by atoms with van der Waals surface area (Å²) < 4.78 is 38.2. The topological polar surface area (TPSA) is 36.7 Å². The highest BCUT2D eigenvalue weighted by Crippen LogP contribution is 2.37. The molecule has 2 aromatic rings. The van der Waals surface area contributed by atoms with Crippen LogP contribution in [-0.4, -0.2) is 4.98 Å². The van der Waals surface area contributed by atoms with Gasteiger partial charge in [0.25, 0.3) is 0 Å². The van der Waals surface area contributed by atoms with Crippen LogP contribution in [0.15, 0.2) is 24.3 Å². The van der Waals surface area contributed by atoms with Crippen molar-refractivity contribution >= 4 is 34.8 Å². The van der Waals surface area contributed by atoms with Crippen molar-refractivity contribution < 1.29 is 13.2 Å². The van der Waals surface area contributed by atoms with E-state index in [1.165, 1.54) is 18.2 Å². The molecule has 2 nitrogen and oxygen atoms in total. The third kappa shape index (κ3) is 3.46. The largest absolute Gasteiger partial charge is 0.433 e. The van der Waals surface area contributed by atoms with Crippen molar-refractivity contribution in [2.75, 3.05) is 0 Å². The zero-order valence-electron chi connectivity index (χ0n) is 10.7. The minimum atomic E-state index is -4.59.